The fourth-order valence-corrected chi connectivity index (χ4v) is 6.38. The Kier molecular flexibility index (Phi) is 5.03. The lowest BCUT2D eigenvalue weighted by atomic mass is 10.0. The molecule has 2 aliphatic rings. The lowest BCUT2D eigenvalue weighted by molar-refractivity contribution is -0.136. The van der Waals surface area contributed by atoms with E-state index in [9.17, 15) is 14.4 Å². The second-order valence-electron chi connectivity index (χ2n) is 9.08. The molecular formula is C26H23N5O3S. The Hall–Kier alpha value is -3.85. The maximum Gasteiger partial charge on any atom is 0.255 e. The molecular weight excluding hydrogens is 462 g/mol. The third-order valence-corrected chi connectivity index (χ3v) is 8.47. The Morgan fingerprint density at radius 1 is 1.09 bits per heavy atom. The number of imide groups is 1. The molecule has 1 unspecified atom stereocenters. The quantitative estimate of drug-likeness (QED) is 0.443. The Bertz CT molecular complexity index is 1520. The van der Waals surface area contributed by atoms with Crippen molar-refractivity contribution in [2.75, 3.05) is 0 Å². The summed E-state index contributed by atoms with van der Waals surface area (Å²) in [7, 11) is 0. The number of thiophene rings is 1. The highest BCUT2D eigenvalue weighted by molar-refractivity contribution is 7.19. The molecule has 1 N–H and O–H groups in total. The van der Waals surface area contributed by atoms with Crippen molar-refractivity contribution in [3.63, 3.8) is 0 Å². The van der Waals surface area contributed by atoms with Crippen LogP contribution in [0.1, 0.15) is 52.2 Å². The fourth-order valence-electron chi connectivity index (χ4n) is 5.13. The smallest absolute Gasteiger partial charge is 0.255 e. The molecule has 0 aliphatic carbocycles. The van der Waals surface area contributed by atoms with E-state index < -0.39 is 11.9 Å². The number of carbonyl (C=O) groups is 3. The van der Waals surface area contributed by atoms with E-state index in [-0.39, 0.29) is 24.3 Å². The molecule has 2 aromatic carbocycles. The van der Waals surface area contributed by atoms with Gasteiger partial charge in [0.1, 0.15) is 11.7 Å². The lowest BCUT2D eigenvalue weighted by Gasteiger charge is -2.29. The van der Waals surface area contributed by atoms with Gasteiger partial charge in [-0.2, -0.15) is 0 Å². The molecule has 3 amide bonds. The highest BCUT2D eigenvalue weighted by atomic mass is 32.1. The number of benzene rings is 2. The largest absolute Gasteiger partial charge is 0.322 e. The summed E-state index contributed by atoms with van der Waals surface area (Å²) in [5.41, 5.74) is 4.17. The monoisotopic (exact) mass is 485 g/mol. The molecule has 1 saturated heterocycles. The molecule has 0 bridgehead atoms. The Morgan fingerprint density at radius 3 is 2.69 bits per heavy atom. The average molecular weight is 486 g/mol. The second kappa shape index (κ2) is 8.13. The number of hydrogen-bond donors (Lipinski definition) is 1. The molecule has 2 aliphatic heterocycles. The van der Waals surface area contributed by atoms with E-state index in [4.69, 9.17) is 0 Å². The first-order valence-electron chi connectivity index (χ1n) is 11.6. The predicted molar refractivity (Wildman–Crippen MR) is 132 cm³/mol. The highest BCUT2D eigenvalue weighted by Crippen LogP contribution is 2.37. The minimum absolute atomic E-state index is 0.00649. The van der Waals surface area contributed by atoms with Crippen LogP contribution in [-0.2, 0) is 16.1 Å². The first-order valence-corrected chi connectivity index (χ1v) is 12.4. The van der Waals surface area contributed by atoms with Crippen molar-refractivity contribution in [3.05, 3.63) is 70.2 Å². The van der Waals surface area contributed by atoms with E-state index in [0.29, 0.717) is 24.2 Å². The average Bonchev–Trinajstić information content (AvgIpc) is 3.56. The number of fused-ring (bicyclic) bond motifs is 2. The van der Waals surface area contributed by atoms with Crippen LogP contribution >= 0.6 is 11.3 Å². The standard InChI is InChI=1S/C26H23N5O3S/c1-14-16-6-3-4-9-22(16)35-24(14)15(2)31-13-20(28-29-31)17-7-5-8-18-19(17)12-30(26(18)34)21-10-11-23(32)27-25(21)33/h3-9,13,15,21H,10-12H2,1-2H3,(H,27,32,33)/t15-,21?/m1/s1. The molecule has 176 valence electrons. The first-order chi connectivity index (χ1) is 16.9. The number of piperidine rings is 1. The Morgan fingerprint density at radius 2 is 1.89 bits per heavy atom. The van der Waals surface area contributed by atoms with Crippen LogP contribution in [0.4, 0.5) is 0 Å². The number of carbonyl (C=O) groups excluding carboxylic acids is 3. The minimum atomic E-state index is -0.646. The zero-order valence-electron chi connectivity index (χ0n) is 19.3. The topological polar surface area (TPSA) is 97.2 Å². The molecule has 4 aromatic rings. The molecule has 0 radical (unpaired) electrons. The molecule has 1 fully saturated rings. The van der Waals surface area contributed by atoms with Gasteiger partial charge < -0.3 is 4.90 Å². The van der Waals surface area contributed by atoms with Gasteiger partial charge >= 0.3 is 0 Å². The van der Waals surface area contributed by atoms with Crippen molar-refractivity contribution in [2.45, 2.75) is 45.3 Å². The van der Waals surface area contributed by atoms with Crippen LogP contribution < -0.4 is 5.32 Å². The summed E-state index contributed by atoms with van der Waals surface area (Å²) < 4.78 is 3.11. The van der Waals surface area contributed by atoms with Crippen molar-refractivity contribution < 1.29 is 14.4 Å². The van der Waals surface area contributed by atoms with Gasteiger partial charge in [-0.3, -0.25) is 19.7 Å². The molecule has 0 spiro atoms. The van der Waals surface area contributed by atoms with Crippen molar-refractivity contribution in [1.29, 1.82) is 0 Å². The minimum Gasteiger partial charge on any atom is -0.322 e. The summed E-state index contributed by atoms with van der Waals surface area (Å²) in [6.07, 6.45) is 2.48. The van der Waals surface area contributed by atoms with E-state index in [2.05, 4.69) is 53.7 Å². The van der Waals surface area contributed by atoms with E-state index in [0.717, 1.165) is 11.1 Å². The third-order valence-electron chi connectivity index (χ3n) is 7.03. The molecule has 6 rings (SSSR count). The van der Waals surface area contributed by atoms with Gasteiger partial charge in [0.2, 0.25) is 11.8 Å². The molecule has 9 heteroatoms. The molecule has 35 heavy (non-hydrogen) atoms. The fraction of sp³-hybridized carbons (Fsp3) is 0.269. The molecule has 2 atom stereocenters. The van der Waals surface area contributed by atoms with Crippen LogP contribution in [0.25, 0.3) is 21.3 Å². The van der Waals surface area contributed by atoms with Crippen LogP contribution in [-0.4, -0.2) is 43.7 Å². The summed E-state index contributed by atoms with van der Waals surface area (Å²) in [6.45, 7) is 4.55. The molecule has 2 aromatic heterocycles. The summed E-state index contributed by atoms with van der Waals surface area (Å²) in [6, 6.07) is 13.3. The predicted octanol–water partition coefficient (Wildman–Crippen LogP) is 3.84. The zero-order chi connectivity index (χ0) is 24.3. The summed E-state index contributed by atoms with van der Waals surface area (Å²) in [5.74, 6) is -0.906. The number of aryl methyl sites for hydroxylation is 1. The lowest BCUT2D eigenvalue weighted by Crippen LogP contribution is -2.52. The maximum absolute atomic E-state index is 13.1. The van der Waals surface area contributed by atoms with Crippen LogP contribution in [0.15, 0.2) is 48.7 Å². The zero-order valence-corrected chi connectivity index (χ0v) is 20.1. The third kappa shape index (κ3) is 3.46. The number of aromatic nitrogens is 3. The van der Waals surface area contributed by atoms with Crippen molar-refractivity contribution in [2.24, 2.45) is 0 Å². The Labute approximate surface area is 205 Å². The number of nitrogens with zero attached hydrogens (tertiary/aromatic N) is 4. The van der Waals surface area contributed by atoms with Gasteiger partial charge in [0.15, 0.2) is 0 Å². The van der Waals surface area contributed by atoms with Crippen LogP contribution in [0.3, 0.4) is 0 Å². The Balaban J connectivity index is 1.31. The van der Waals surface area contributed by atoms with Crippen LogP contribution in [0.2, 0.25) is 0 Å². The normalized spacial score (nSPS) is 18.7. The van der Waals surface area contributed by atoms with E-state index >= 15 is 0 Å². The first kappa shape index (κ1) is 21.7. The van der Waals surface area contributed by atoms with Gasteiger partial charge in [0.05, 0.1) is 12.2 Å². The van der Waals surface area contributed by atoms with E-state index in [1.54, 1.807) is 22.3 Å². The van der Waals surface area contributed by atoms with Crippen molar-refractivity contribution >= 4 is 39.1 Å². The maximum atomic E-state index is 13.1. The summed E-state index contributed by atoms with van der Waals surface area (Å²) >= 11 is 1.77. The SMILES string of the molecule is Cc1c([C@@H](C)n2cc(-c3cccc4c3CN(C3CCC(=O)NC3=O)C4=O)nn2)sc2ccccc12. The van der Waals surface area contributed by atoms with Crippen LogP contribution in [0.5, 0.6) is 0 Å². The van der Waals surface area contributed by atoms with Gasteiger partial charge in [-0.05, 0) is 48.9 Å². The van der Waals surface area contributed by atoms with Crippen molar-refractivity contribution in [1.82, 2.24) is 25.2 Å². The van der Waals surface area contributed by atoms with Gasteiger partial charge in [-0.25, -0.2) is 4.68 Å². The summed E-state index contributed by atoms with van der Waals surface area (Å²) in [4.78, 5) is 39.9. The number of rotatable bonds is 4. The van der Waals surface area contributed by atoms with Gasteiger partial charge in [0, 0.05) is 33.7 Å². The van der Waals surface area contributed by atoms with Gasteiger partial charge in [-0.1, -0.05) is 35.5 Å². The summed E-state index contributed by atoms with van der Waals surface area (Å²) in [5, 5.41) is 12.5. The molecule has 0 saturated carbocycles. The highest BCUT2D eigenvalue weighted by Gasteiger charge is 2.40. The van der Waals surface area contributed by atoms with E-state index in [1.807, 2.05) is 23.0 Å². The van der Waals surface area contributed by atoms with Gasteiger partial charge in [-0.15, -0.1) is 16.4 Å². The van der Waals surface area contributed by atoms with Gasteiger partial charge in [0.25, 0.3) is 5.91 Å². The van der Waals surface area contributed by atoms with E-state index in [1.165, 1.54) is 20.5 Å². The number of nitrogens with one attached hydrogen (secondary N) is 1. The second-order valence-corrected chi connectivity index (χ2v) is 10.2. The number of hydrogen-bond acceptors (Lipinski definition) is 6. The van der Waals surface area contributed by atoms with Crippen LogP contribution in [0, 0.1) is 6.92 Å². The van der Waals surface area contributed by atoms with Crippen molar-refractivity contribution in [3.8, 4) is 11.3 Å². The number of amides is 3. The molecule has 4 heterocycles. The molecule has 8 nitrogen and oxygen atoms in total.